The lowest BCUT2D eigenvalue weighted by Gasteiger charge is -2.25. The SMILES string of the molecule is O=C(Nc1ccc(C(=O)N2CCCC2c2ccccc2)cc1)C1CCCNC1. The number of carbonyl (C=O) groups is 2. The first-order valence-corrected chi connectivity index (χ1v) is 10.2. The summed E-state index contributed by atoms with van der Waals surface area (Å²) in [6.45, 7) is 2.50. The van der Waals surface area contributed by atoms with Crippen molar-refractivity contribution in [1.29, 1.82) is 0 Å². The highest BCUT2D eigenvalue weighted by Gasteiger charge is 2.30. The molecule has 0 spiro atoms. The Morgan fingerprint density at radius 1 is 0.964 bits per heavy atom. The smallest absolute Gasteiger partial charge is 0.254 e. The van der Waals surface area contributed by atoms with Crippen molar-refractivity contribution in [2.75, 3.05) is 25.0 Å². The molecule has 2 N–H and O–H groups in total. The number of hydrogen-bond acceptors (Lipinski definition) is 3. The van der Waals surface area contributed by atoms with E-state index in [2.05, 4.69) is 22.8 Å². The number of hydrogen-bond donors (Lipinski definition) is 2. The van der Waals surface area contributed by atoms with Gasteiger partial charge in [-0.05, 0) is 62.1 Å². The molecule has 2 unspecified atom stereocenters. The summed E-state index contributed by atoms with van der Waals surface area (Å²) in [6.07, 6.45) is 3.98. The first-order valence-electron chi connectivity index (χ1n) is 10.2. The quantitative estimate of drug-likeness (QED) is 0.856. The van der Waals surface area contributed by atoms with Crippen LogP contribution >= 0.6 is 0 Å². The molecule has 2 aromatic rings. The maximum absolute atomic E-state index is 13.0. The molecule has 2 atom stereocenters. The second-order valence-electron chi connectivity index (χ2n) is 7.68. The lowest BCUT2D eigenvalue weighted by molar-refractivity contribution is -0.120. The van der Waals surface area contributed by atoms with Crippen LogP contribution in [-0.4, -0.2) is 36.3 Å². The second kappa shape index (κ2) is 8.57. The van der Waals surface area contributed by atoms with Crippen LogP contribution in [0, 0.1) is 5.92 Å². The van der Waals surface area contributed by atoms with E-state index >= 15 is 0 Å². The molecule has 2 fully saturated rings. The van der Waals surface area contributed by atoms with Gasteiger partial charge in [0, 0.05) is 24.3 Å². The van der Waals surface area contributed by atoms with Gasteiger partial charge in [0.1, 0.15) is 0 Å². The first kappa shape index (κ1) is 18.7. The molecular weight excluding hydrogens is 350 g/mol. The fraction of sp³-hybridized carbons (Fsp3) is 0.391. The Bertz CT molecular complexity index is 814. The molecule has 28 heavy (non-hydrogen) atoms. The zero-order chi connectivity index (χ0) is 19.3. The van der Waals surface area contributed by atoms with Crippen LogP contribution in [0.5, 0.6) is 0 Å². The number of anilines is 1. The molecule has 0 radical (unpaired) electrons. The summed E-state index contributed by atoms with van der Waals surface area (Å²) in [5.74, 6) is 0.127. The predicted molar refractivity (Wildman–Crippen MR) is 110 cm³/mol. The number of nitrogens with zero attached hydrogens (tertiary/aromatic N) is 1. The fourth-order valence-corrected chi connectivity index (χ4v) is 4.21. The Labute approximate surface area is 166 Å². The molecule has 0 saturated carbocycles. The monoisotopic (exact) mass is 377 g/mol. The zero-order valence-electron chi connectivity index (χ0n) is 16.1. The topological polar surface area (TPSA) is 61.4 Å². The van der Waals surface area contributed by atoms with E-state index in [1.807, 2.05) is 47.4 Å². The zero-order valence-corrected chi connectivity index (χ0v) is 16.1. The van der Waals surface area contributed by atoms with E-state index < -0.39 is 0 Å². The molecule has 5 nitrogen and oxygen atoms in total. The van der Waals surface area contributed by atoms with Gasteiger partial charge in [0.15, 0.2) is 0 Å². The van der Waals surface area contributed by atoms with Gasteiger partial charge in [-0.1, -0.05) is 30.3 Å². The summed E-state index contributed by atoms with van der Waals surface area (Å²) in [7, 11) is 0. The molecule has 2 saturated heterocycles. The molecule has 2 aromatic carbocycles. The highest BCUT2D eigenvalue weighted by molar-refractivity contribution is 5.96. The van der Waals surface area contributed by atoms with Gasteiger partial charge in [-0.2, -0.15) is 0 Å². The number of likely N-dealkylation sites (tertiary alicyclic amines) is 1. The summed E-state index contributed by atoms with van der Waals surface area (Å²) in [6, 6.07) is 17.7. The van der Waals surface area contributed by atoms with E-state index in [1.54, 1.807) is 0 Å². The molecule has 2 aliphatic heterocycles. The Morgan fingerprint density at radius 3 is 2.46 bits per heavy atom. The maximum Gasteiger partial charge on any atom is 0.254 e. The third kappa shape index (κ3) is 4.09. The number of rotatable bonds is 4. The Morgan fingerprint density at radius 2 is 1.75 bits per heavy atom. The van der Waals surface area contributed by atoms with E-state index in [4.69, 9.17) is 0 Å². The number of piperidine rings is 1. The van der Waals surface area contributed by atoms with Crippen LogP contribution in [0.2, 0.25) is 0 Å². The minimum Gasteiger partial charge on any atom is -0.332 e. The van der Waals surface area contributed by atoms with Crippen molar-refractivity contribution in [2.24, 2.45) is 5.92 Å². The molecule has 0 aliphatic carbocycles. The highest BCUT2D eigenvalue weighted by atomic mass is 16.2. The predicted octanol–water partition coefficient (Wildman–Crippen LogP) is 3.60. The summed E-state index contributed by atoms with van der Waals surface area (Å²) in [4.78, 5) is 27.4. The number of amides is 2. The molecule has 0 bridgehead atoms. The van der Waals surface area contributed by atoms with Crippen LogP contribution in [-0.2, 0) is 4.79 Å². The Balaban J connectivity index is 1.41. The van der Waals surface area contributed by atoms with E-state index in [9.17, 15) is 9.59 Å². The fourth-order valence-electron chi connectivity index (χ4n) is 4.21. The van der Waals surface area contributed by atoms with Crippen molar-refractivity contribution >= 4 is 17.5 Å². The molecule has 2 aliphatic rings. The van der Waals surface area contributed by atoms with Crippen LogP contribution in [0.25, 0.3) is 0 Å². The van der Waals surface area contributed by atoms with Gasteiger partial charge in [-0.3, -0.25) is 9.59 Å². The lowest BCUT2D eigenvalue weighted by Crippen LogP contribution is -2.37. The van der Waals surface area contributed by atoms with E-state index in [0.29, 0.717) is 5.56 Å². The lowest BCUT2D eigenvalue weighted by atomic mass is 9.99. The standard InChI is InChI=1S/C23H27N3O2/c27-22(19-8-4-14-24-16-19)25-20-12-10-18(11-13-20)23(28)26-15-5-9-21(26)17-6-2-1-3-7-17/h1-3,6-7,10-13,19,21,24H,4-5,8-9,14-16H2,(H,25,27). The maximum atomic E-state index is 13.0. The minimum absolute atomic E-state index is 0.0197. The summed E-state index contributed by atoms with van der Waals surface area (Å²) in [5, 5.41) is 6.24. The summed E-state index contributed by atoms with van der Waals surface area (Å²) in [5.41, 5.74) is 2.60. The van der Waals surface area contributed by atoms with Crippen molar-refractivity contribution in [3.63, 3.8) is 0 Å². The van der Waals surface area contributed by atoms with Crippen molar-refractivity contribution in [3.8, 4) is 0 Å². The normalized spacial score (nSPS) is 22.1. The van der Waals surface area contributed by atoms with Crippen molar-refractivity contribution < 1.29 is 9.59 Å². The van der Waals surface area contributed by atoms with Gasteiger partial charge in [-0.15, -0.1) is 0 Å². The van der Waals surface area contributed by atoms with Gasteiger partial charge < -0.3 is 15.5 Å². The average molecular weight is 377 g/mol. The number of carbonyl (C=O) groups excluding carboxylic acids is 2. The second-order valence-corrected chi connectivity index (χ2v) is 7.68. The van der Waals surface area contributed by atoms with Crippen molar-refractivity contribution in [3.05, 3.63) is 65.7 Å². The molecule has 2 amide bonds. The van der Waals surface area contributed by atoms with Gasteiger partial charge in [0.05, 0.1) is 12.0 Å². The molecule has 146 valence electrons. The average Bonchev–Trinajstić information content (AvgIpc) is 3.25. The first-order chi connectivity index (χ1) is 13.7. The third-order valence-corrected chi connectivity index (χ3v) is 5.77. The van der Waals surface area contributed by atoms with Crippen molar-refractivity contribution in [1.82, 2.24) is 10.2 Å². The van der Waals surface area contributed by atoms with Crippen LogP contribution in [0.15, 0.2) is 54.6 Å². The molecule has 0 aromatic heterocycles. The number of benzene rings is 2. The summed E-state index contributed by atoms with van der Waals surface area (Å²) < 4.78 is 0. The van der Waals surface area contributed by atoms with E-state index in [-0.39, 0.29) is 23.8 Å². The van der Waals surface area contributed by atoms with Crippen LogP contribution < -0.4 is 10.6 Å². The summed E-state index contributed by atoms with van der Waals surface area (Å²) >= 11 is 0. The van der Waals surface area contributed by atoms with E-state index in [1.165, 1.54) is 5.56 Å². The van der Waals surface area contributed by atoms with Crippen LogP contribution in [0.3, 0.4) is 0 Å². The number of nitrogens with one attached hydrogen (secondary N) is 2. The molecule has 5 heteroatoms. The Kier molecular flexibility index (Phi) is 5.72. The van der Waals surface area contributed by atoms with Crippen molar-refractivity contribution in [2.45, 2.75) is 31.7 Å². The van der Waals surface area contributed by atoms with Crippen LogP contribution in [0.1, 0.15) is 47.6 Å². The van der Waals surface area contributed by atoms with Crippen LogP contribution in [0.4, 0.5) is 5.69 Å². The Hall–Kier alpha value is -2.66. The largest absolute Gasteiger partial charge is 0.332 e. The van der Waals surface area contributed by atoms with E-state index in [0.717, 1.165) is 51.0 Å². The molecule has 4 rings (SSSR count). The van der Waals surface area contributed by atoms with Gasteiger partial charge in [0.25, 0.3) is 5.91 Å². The third-order valence-electron chi connectivity index (χ3n) is 5.77. The molecular formula is C23H27N3O2. The van der Waals surface area contributed by atoms with Gasteiger partial charge in [-0.25, -0.2) is 0 Å². The molecule has 2 heterocycles. The van der Waals surface area contributed by atoms with Gasteiger partial charge >= 0.3 is 0 Å². The highest BCUT2D eigenvalue weighted by Crippen LogP contribution is 2.33. The minimum atomic E-state index is 0.0197. The van der Waals surface area contributed by atoms with Gasteiger partial charge in [0.2, 0.25) is 5.91 Å².